The highest BCUT2D eigenvalue weighted by Crippen LogP contribution is 2.47. The number of anilines is 1. The molecule has 0 saturated carbocycles. The molecule has 2 unspecified atom stereocenters. The predicted octanol–water partition coefficient (Wildman–Crippen LogP) is 3.59. The Balaban J connectivity index is 1.70. The molecule has 6 heteroatoms. The Kier molecular flexibility index (Phi) is 3.92. The number of nitrogens with zero attached hydrogens (tertiary/aromatic N) is 2. The van der Waals surface area contributed by atoms with Crippen LogP contribution in [-0.4, -0.2) is 35.7 Å². The van der Waals surface area contributed by atoms with Gasteiger partial charge in [0.25, 0.3) is 5.91 Å². The van der Waals surface area contributed by atoms with Crippen LogP contribution in [0.25, 0.3) is 0 Å². The van der Waals surface area contributed by atoms with Gasteiger partial charge in [0.05, 0.1) is 12.8 Å². The zero-order chi connectivity index (χ0) is 17.6. The first-order valence-electron chi connectivity index (χ1n) is 8.09. The van der Waals surface area contributed by atoms with Crippen molar-refractivity contribution in [1.29, 1.82) is 0 Å². The van der Waals surface area contributed by atoms with Crippen molar-refractivity contribution in [3.05, 3.63) is 59.7 Å². The van der Waals surface area contributed by atoms with E-state index in [2.05, 4.69) is 0 Å². The molecule has 2 saturated heterocycles. The second kappa shape index (κ2) is 6.11. The summed E-state index contributed by atoms with van der Waals surface area (Å²) in [6.07, 6.45) is 0. The predicted molar refractivity (Wildman–Crippen MR) is 97.9 cm³/mol. The van der Waals surface area contributed by atoms with Crippen molar-refractivity contribution in [3.8, 4) is 5.75 Å². The third-order valence-electron chi connectivity index (χ3n) is 4.61. The number of urea groups is 1. The van der Waals surface area contributed by atoms with Gasteiger partial charge in [0.15, 0.2) is 0 Å². The number of aryl methyl sites for hydroxylation is 1. The fourth-order valence-corrected chi connectivity index (χ4v) is 4.73. The maximum Gasteiger partial charge on any atom is 0.333 e. The third-order valence-corrected chi connectivity index (χ3v) is 5.93. The number of imide groups is 1. The van der Waals surface area contributed by atoms with Gasteiger partial charge in [-0.2, -0.15) is 0 Å². The molecule has 3 amide bonds. The minimum Gasteiger partial charge on any atom is -0.495 e. The number of amides is 3. The number of hydrogen-bond acceptors (Lipinski definition) is 4. The Morgan fingerprint density at radius 2 is 1.80 bits per heavy atom. The number of carbonyl (C=O) groups excluding carboxylic acids is 2. The smallest absolute Gasteiger partial charge is 0.333 e. The van der Waals surface area contributed by atoms with E-state index in [0.717, 1.165) is 5.56 Å². The molecule has 0 aliphatic carbocycles. The molecule has 2 aliphatic heterocycles. The average Bonchev–Trinajstić information content (AvgIpc) is 3.16. The Bertz CT molecular complexity index is 837. The van der Waals surface area contributed by atoms with E-state index >= 15 is 0 Å². The Labute approximate surface area is 150 Å². The summed E-state index contributed by atoms with van der Waals surface area (Å²) in [4.78, 5) is 28.9. The molecule has 2 aromatic carbocycles. The molecule has 0 bridgehead atoms. The van der Waals surface area contributed by atoms with E-state index in [1.807, 2.05) is 37.3 Å². The zero-order valence-electron chi connectivity index (χ0n) is 14.0. The number of methoxy groups -OCH3 is 1. The molecule has 0 spiro atoms. The molecule has 5 nitrogen and oxygen atoms in total. The van der Waals surface area contributed by atoms with Crippen molar-refractivity contribution in [1.82, 2.24) is 4.90 Å². The van der Waals surface area contributed by atoms with Crippen molar-refractivity contribution < 1.29 is 14.3 Å². The van der Waals surface area contributed by atoms with Gasteiger partial charge in [-0.3, -0.25) is 9.69 Å². The van der Waals surface area contributed by atoms with E-state index in [9.17, 15) is 9.59 Å². The number of fused-ring (bicyclic) bond motifs is 1. The highest BCUT2D eigenvalue weighted by Gasteiger charge is 2.53. The van der Waals surface area contributed by atoms with Gasteiger partial charge in [0, 0.05) is 5.75 Å². The highest BCUT2D eigenvalue weighted by atomic mass is 32.2. The maximum absolute atomic E-state index is 13.1. The lowest BCUT2D eigenvalue weighted by Gasteiger charge is -2.23. The second-order valence-electron chi connectivity index (χ2n) is 6.15. The van der Waals surface area contributed by atoms with Gasteiger partial charge >= 0.3 is 6.03 Å². The molecule has 0 N–H and O–H groups in total. The monoisotopic (exact) mass is 354 g/mol. The van der Waals surface area contributed by atoms with E-state index in [4.69, 9.17) is 4.74 Å². The molecular weight excluding hydrogens is 336 g/mol. The number of para-hydroxylation sites is 2. The van der Waals surface area contributed by atoms with Gasteiger partial charge in [0.2, 0.25) is 0 Å². The number of thioether (sulfide) groups is 1. The van der Waals surface area contributed by atoms with Crippen LogP contribution in [0.15, 0.2) is 48.5 Å². The number of carbonyl (C=O) groups is 2. The molecule has 2 fully saturated rings. The lowest BCUT2D eigenvalue weighted by atomic mass is 10.1. The molecular formula is C19H18N2O3S. The van der Waals surface area contributed by atoms with Crippen LogP contribution in [0.3, 0.4) is 0 Å². The number of rotatable bonds is 3. The number of hydrogen-bond donors (Lipinski definition) is 0. The van der Waals surface area contributed by atoms with Crippen LogP contribution in [-0.2, 0) is 4.79 Å². The van der Waals surface area contributed by atoms with Crippen LogP contribution >= 0.6 is 11.8 Å². The lowest BCUT2D eigenvalue weighted by molar-refractivity contribution is -0.119. The summed E-state index contributed by atoms with van der Waals surface area (Å²) in [5.74, 6) is 0.941. The van der Waals surface area contributed by atoms with Gasteiger partial charge in [-0.15, -0.1) is 11.8 Å². The van der Waals surface area contributed by atoms with Crippen LogP contribution in [0.4, 0.5) is 10.5 Å². The van der Waals surface area contributed by atoms with Gasteiger partial charge in [0.1, 0.15) is 17.2 Å². The van der Waals surface area contributed by atoms with Crippen LogP contribution in [0, 0.1) is 6.92 Å². The van der Waals surface area contributed by atoms with Gasteiger partial charge < -0.3 is 4.74 Å². The van der Waals surface area contributed by atoms with Crippen molar-refractivity contribution >= 4 is 29.4 Å². The van der Waals surface area contributed by atoms with Crippen LogP contribution < -0.4 is 9.64 Å². The Morgan fingerprint density at radius 1 is 1.08 bits per heavy atom. The van der Waals surface area contributed by atoms with E-state index in [1.165, 1.54) is 17.6 Å². The van der Waals surface area contributed by atoms with E-state index in [-0.39, 0.29) is 17.3 Å². The summed E-state index contributed by atoms with van der Waals surface area (Å²) in [6.45, 7) is 2.03. The first-order chi connectivity index (χ1) is 12.1. The molecule has 2 atom stereocenters. The summed E-state index contributed by atoms with van der Waals surface area (Å²) in [6, 6.07) is 14.5. The van der Waals surface area contributed by atoms with Gasteiger partial charge in [-0.25, -0.2) is 9.69 Å². The maximum atomic E-state index is 13.1. The van der Waals surface area contributed by atoms with Crippen molar-refractivity contribution in [2.24, 2.45) is 0 Å². The summed E-state index contributed by atoms with van der Waals surface area (Å²) < 4.78 is 5.33. The normalized spacial score (nSPS) is 22.5. The number of ether oxygens (including phenoxy) is 1. The summed E-state index contributed by atoms with van der Waals surface area (Å²) in [5, 5.41) is -0.137. The van der Waals surface area contributed by atoms with Crippen LogP contribution in [0.5, 0.6) is 5.75 Å². The second-order valence-corrected chi connectivity index (χ2v) is 7.26. The van der Waals surface area contributed by atoms with E-state index in [0.29, 0.717) is 17.2 Å². The summed E-state index contributed by atoms with van der Waals surface area (Å²) in [7, 11) is 1.54. The molecule has 2 aliphatic rings. The van der Waals surface area contributed by atoms with Crippen LogP contribution in [0.1, 0.15) is 16.5 Å². The highest BCUT2D eigenvalue weighted by molar-refractivity contribution is 7.99. The first-order valence-corrected chi connectivity index (χ1v) is 9.14. The fourth-order valence-electron chi connectivity index (χ4n) is 3.31. The largest absolute Gasteiger partial charge is 0.495 e. The fraction of sp³-hybridized carbons (Fsp3) is 0.263. The van der Waals surface area contributed by atoms with Crippen LogP contribution in [0.2, 0.25) is 0 Å². The van der Waals surface area contributed by atoms with E-state index in [1.54, 1.807) is 34.9 Å². The SMILES string of the molecule is COc1ccccc1N1C(=O)C2CSC(c3ccc(C)cc3)N2C1=O. The van der Waals surface area contributed by atoms with Crippen molar-refractivity contribution in [3.63, 3.8) is 0 Å². The molecule has 4 rings (SSSR count). The van der Waals surface area contributed by atoms with Crippen molar-refractivity contribution in [2.45, 2.75) is 18.3 Å². The molecule has 0 aromatic heterocycles. The van der Waals surface area contributed by atoms with Gasteiger partial charge in [-0.05, 0) is 24.6 Å². The Morgan fingerprint density at radius 3 is 2.52 bits per heavy atom. The van der Waals surface area contributed by atoms with Crippen molar-refractivity contribution in [2.75, 3.05) is 17.8 Å². The molecule has 25 heavy (non-hydrogen) atoms. The standard InChI is InChI=1S/C19H18N2O3S/c1-12-7-9-13(10-8-12)18-21-15(11-25-18)17(22)20(19(21)23)14-5-3-4-6-16(14)24-2/h3-10,15,18H,11H2,1-2H3. The summed E-state index contributed by atoms with van der Waals surface area (Å²) in [5.41, 5.74) is 2.71. The van der Waals surface area contributed by atoms with Gasteiger partial charge in [-0.1, -0.05) is 42.0 Å². The quantitative estimate of drug-likeness (QED) is 0.791. The molecule has 2 heterocycles. The molecule has 128 valence electrons. The average molecular weight is 354 g/mol. The molecule has 0 radical (unpaired) electrons. The zero-order valence-corrected chi connectivity index (χ0v) is 14.8. The minimum absolute atomic E-state index is 0.137. The summed E-state index contributed by atoms with van der Waals surface area (Å²) >= 11 is 1.63. The Hall–Kier alpha value is -2.47. The lowest BCUT2D eigenvalue weighted by Crippen LogP contribution is -2.34. The number of benzene rings is 2. The topological polar surface area (TPSA) is 49.9 Å². The van der Waals surface area contributed by atoms with E-state index < -0.39 is 6.04 Å². The minimum atomic E-state index is -0.422. The third kappa shape index (κ3) is 2.48. The first kappa shape index (κ1) is 16.0. The molecule has 2 aromatic rings.